The van der Waals surface area contributed by atoms with E-state index < -0.39 is 12.1 Å². The van der Waals surface area contributed by atoms with E-state index in [1.165, 1.54) is 0 Å². The third-order valence-corrected chi connectivity index (χ3v) is 4.61. The topological polar surface area (TPSA) is 217 Å². The fourth-order valence-electron chi connectivity index (χ4n) is 3.25. The van der Waals surface area contributed by atoms with Crippen molar-refractivity contribution >= 4 is 17.1 Å². The van der Waals surface area contributed by atoms with E-state index in [9.17, 15) is 31.6 Å². The molecule has 2 atom stereocenters. The average Bonchev–Trinajstić information content (AvgIpc) is 2.94. The Labute approximate surface area is 174 Å². The first kappa shape index (κ1) is 18.8. The van der Waals surface area contributed by atoms with E-state index in [2.05, 4.69) is 30.6 Å². The van der Waals surface area contributed by atoms with Crippen molar-refractivity contribution < 1.29 is 0 Å². The van der Waals surface area contributed by atoms with Crippen LogP contribution in [0, 0.1) is 68.0 Å². The quantitative estimate of drug-likeness (QED) is 0.570. The number of hydrogen-bond acceptors (Lipinski definition) is 12. The van der Waals surface area contributed by atoms with E-state index >= 15 is 0 Å². The standard InChI is InChI=1S/C19H6N12/c20-2-10-12(4-22)28-16-8(26-10)1-9-17(29-13(5-23)11(3-21)27-9)19-18(16)30-14(6-24)15(7-25)31-19/h12,14,28,30H,1H2. The third-order valence-electron chi connectivity index (χ3n) is 4.61. The molecule has 2 unspecified atom stereocenters. The highest BCUT2D eigenvalue weighted by molar-refractivity contribution is 6.09. The SMILES string of the molecule is N#CC1=NC2=C(NC1C#N)C1=C(N=C(C#N)C(C#N)N1)c1nc(C#N)c(C#N)nc1C2. The maximum atomic E-state index is 9.44. The number of aromatic nitrogens is 2. The summed E-state index contributed by atoms with van der Waals surface area (Å²) in [6.45, 7) is 0. The summed E-state index contributed by atoms with van der Waals surface area (Å²) in [5.74, 6) is 0. The van der Waals surface area contributed by atoms with Gasteiger partial charge in [-0.2, -0.15) is 31.6 Å². The monoisotopic (exact) mass is 402 g/mol. The lowest BCUT2D eigenvalue weighted by molar-refractivity contribution is 0.732. The zero-order valence-corrected chi connectivity index (χ0v) is 15.3. The van der Waals surface area contributed by atoms with Gasteiger partial charge in [0.2, 0.25) is 0 Å². The minimum Gasteiger partial charge on any atom is -0.361 e. The van der Waals surface area contributed by atoms with Gasteiger partial charge in [-0.3, -0.25) is 0 Å². The molecular formula is C19H6N12. The molecule has 31 heavy (non-hydrogen) atoms. The highest BCUT2D eigenvalue weighted by Crippen LogP contribution is 2.35. The van der Waals surface area contributed by atoms with Crippen LogP contribution in [-0.2, 0) is 6.42 Å². The molecule has 0 radical (unpaired) electrons. The first-order valence-corrected chi connectivity index (χ1v) is 8.57. The lowest BCUT2D eigenvalue weighted by Gasteiger charge is -2.27. The van der Waals surface area contributed by atoms with Crippen molar-refractivity contribution in [3.05, 3.63) is 39.9 Å². The molecular weight excluding hydrogens is 396 g/mol. The number of rotatable bonds is 0. The number of fused-ring (bicyclic) bond motifs is 3. The van der Waals surface area contributed by atoms with Crippen molar-refractivity contribution in [3.63, 3.8) is 0 Å². The number of allylic oxidation sites excluding steroid dienone is 1. The van der Waals surface area contributed by atoms with Crippen molar-refractivity contribution in [1.29, 1.82) is 31.6 Å². The third kappa shape index (κ3) is 2.79. The molecule has 0 spiro atoms. The van der Waals surface area contributed by atoms with Crippen LogP contribution in [0.25, 0.3) is 5.70 Å². The van der Waals surface area contributed by atoms with Gasteiger partial charge in [-0.25, -0.2) is 20.0 Å². The zero-order chi connectivity index (χ0) is 22.1. The summed E-state index contributed by atoms with van der Waals surface area (Å²) in [6.07, 6.45) is -0.00229. The molecule has 4 rings (SSSR count). The Morgan fingerprint density at radius 3 is 1.87 bits per heavy atom. The van der Waals surface area contributed by atoms with Crippen LogP contribution < -0.4 is 10.6 Å². The smallest absolute Gasteiger partial charge is 0.177 e. The van der Waals surface area contributed by atoms with Gasteiger partial charge in [0.15, 0.2) is 34.9 Å². The first-order chi connectivity index (χ1) is 15.1. The molecule has 0 saturated carbocycles. The van der Waals surface area contributed by atoms with Gasteiger partial charge in [-0.05, 0) is 0 Å². The van der Waals surface area contributed by atoms with Crippen molar-refractivity contribution in [3.8, 4) is 36.4 Å². The number of aliphatic imine (C=N–C) groups is 2. The Morgan fingerprint density at radius 1 is 0.710 bits per heavy atom. The molecule has 3 heterocycles. The number of nitriles is 6. The van der Waals surface area contributed by atoms with E-state index in [0.29, 0.717) is 11.4 Å². The fourth-order valence-corrected chi connectivity index (χ4v) is 3.25. The molecule has 2 N–H and O–H groups in total. The minimum atomic E-state index is -1.08. The molecule has 0 aromatic carbocycles. The van der Waals surface area contributed by atoms with E-state index in [1.807, 2.05) is 30.3 Å². The molecule has 1 aliphatic carbocycles. The van der Waals surface area contributed by atoms with E-state index in [-0.39, 0.29) is 52.0 Å². The zero-order valence-electron chi connectivity index (χ0n) is 15.3. The molecule has 0 fully saturated rings. The second kappa shape index (κ2) is 7.12. The second-order valence-electron chi connectivity index (χ2n) is 6.29. The molecule has 142 valence electrons. The Kier molecular flexibility index (Phi) is 4.31. The highest BCUT2D eigenvalue weighted by Gasteiger charge is 2.37. The summed E-state index contributed by atoms with van der Waals surface area (Å²) in [5.41, 5.74) is 0.671. The van der Waals surface area contributed by atoms with Gasteiger partial charge < -0.3 is 10.6 Å². The molecule has 0 amide bonds. The van der Waals surface area contributed by atoms with Crippen molar-refractivity contribution in [2.75, 3.05) is 0 Å². The van der Waals surface area contributed by atoms with Gasteiger partial charge in [0.05, 0.1) is 34.9 Å². The van der Waals surface area contributed by atoms with Crippen molar-refractivity contribution in [1.82, 2.24) is 20.6 Å². The molecule has 2 aliphatic heterocycles. The first-order valence-electron chi connectivity index (χ1n) is 8.57. The molecule has 3 aliphatic rings. The predicted molar refractivity (Wildman–Crippen MR) is 100 cm³/mol. The summed E-state index contributed by atoms with van der Waals surface area (Å²) in [6, 6.07) is 9.08. The largest absolute Gasteiger partial charge is 0.361 e. The number of nitrogens with one attached hydrogen (secondary N) is 2. The van der Waals surface area contributed by atoms with Crippen LogP contribution in [0.1, 0.15) is 22.8 Å². The van der Waals surface area contributed by atoms with Gasteiger partial charge in [0.1, 0.15) is 35.7 Å². The van der Waals surface area contributed by atoms with Gasteiger partial charge in [0.25, 0.3) is 0 Å². The Balaban J connectivity index is 2.07. The number of nitrogens with zero attached hydrogens (tertiary/aromatic N) is 10. The molecule has 12 nitrogen and oxygen atoms in total. The summed E-state index contributed by atoms with van der Waals surface area (Å²) >= 11 is 0. The van der Waals surface area contributed by atoms with E-state index in [1.54, 1.807) is 6.07 Å². The van der Waals surface area contributed by atoms with Crippen LogP contribution >= 0.6 is 0 Å². The van der Waals surface area contributed by atoms with Crippen LogP contribution in [0.4, 0.5) is 0 Å². The lowest BCUT2D eigenvalue weighted by atomic mass is 10.0. The van der Waals surface area contributed by atoms with Crippen LogP contribution in [0.2, 0.25) is 0 Å². The maximum Gasteiger partial charge on any atom is 0.177 e. The minimum absolute atomic E-state index is 0.00229. The van der Waals surface area contributed by atoms with Gasteiger partial charge >= 0.3 is 0 Å². The van der Waals surface area contributed by atoms with Crippen LogP contribution in [0.15, 0.2) is 27.1 Å². The van der Waals surface area contributed by atoms with E-state index in [4.69, 9.17) is 0 Å². The second-order valence-corrected chi connectivity index (χ2v) is 6.29. The predicted octanol–water partition coefficient (Wildman–Crippen LogP) is -0.424. The molecule has 0 saturated heterocycles. The Bertz CT molecular complexity index is 1430. The number of hydrogen-bond donors (Lipinski definition) is 2. The normalized spacial score (nSPS) is 20.6. The molecule has 0 bridgehead atoms. The Hall–Kier alpha value is -5.56. The average molecular weight is 402 g/mol. The molecule has 1 aromatic rings. The van der Waals surface area contributed by atoms with Gasteiger partial charge in [0, 0.05) is 6.42 Å². The van der Waals surface area contributed by atoms with Crippen LogP contribution in [0.3, 0.4) is 0 Å². The maximum absolute atomic E-state index is 9.44. The van der Waals surface area contributed by atoms with E-state index in [0.717, 1.165) is 0 Å². The highest BCUT2D eigenvalue weighted by atomic mass is 15.1. The van der Waals surface area contributed by atoms with Crippen molar-refractivity contribution in [2.45, 2.75) is 18.5 Å². The Morgan fingerprint density at radius 2 is 1.29 bits per heavy atom. The van der Waals surface area contributed by atoms with Gasteiger partial charge in [-0.1, -0.05) is 0 Å². The summed E-state index contributed by atoms with van der Waals surface area (Å²) in [7, 11) is 0. The van der Waals surface area contributed by atoms with Crippen molar-refractivity contribution in [2.24, 2.45) is 9.98 Å². The summed E-state index contributed by atoms with van der Waals surface area (Å²) in [4.78, 5) is 17.0. The fraction of sp³-hybridized carbons (Fsp3) is 0.158. The van der Waals surface area contributed by atoms with Crippen LogP contribution in [-0.4, -0.2) is 33.5 Å². The summed E-state index contributed by atoms with van der Waals surface area (Å²) in [5, 5.41) is 62.1. The van der Waals surface area contributed by atoms with Gasteiger partial charge in [-0.15, -0.1) is 0 Å². The van der Waals surface area contributed by atoms with Crippen LogP contribution in [0.5, 0.6) is 0 Å². The lowest BCUT2D eigenvalue weighted by Crippen LogP contribution is -2.44. The molecule has 1 aromatic heterocycles. The summed E-state index contributed by atoms with van der Waals surface area (Å²) < 4.78 is 0. The molecule has 12 heteroatoms.